The molecule has 0 aliphatic rings. The van der Waals surface area contributed by atoms with Crippen LogP contribution in [0.2, 0.25) is 0 Å². The Labute approximate surface area is 123 Å². The molecule has 0 saturated carbocycles. The zero-order valence-electron chi connectivity index (χ0n) is 11.4. The van der Waals surface area contributed by atoms with E-state index in [0.717, 1.165) is 35.1 Å². The molecule has 1 rings (SSSR count). The normalized spacial score (nSPS) is 11.2. The molecule has 3 nitrogen and oxygen atoms in total. The number of allylic oxidation sites excluding steroid dienone is 1. The molecule has 0 heterocycles. The predicted octanol–water partition coefficient (Wildman–Crippen LogP) is 3.44. The third-order valence-corrected chi connectivity index (χ3v) is 3.21. The first-order chi connectivity index (χ1) is 9.15. The van der Waals surface area contributed by atoms with Crippen molar-refractivity contribution in [3.05, 3.63) is 46.1 Å². The van der Waals surface area contributed by atoms with Gasteiger partial charge in [-0.3, -0.25) is 0 Å². The SMILES string of the molecule is CCCCNC(=CC(=O)OC)Cc1ccc(Br)cc1. The summed E-state index contributed by atoms with van der Waals surface area (Å²) in [5.74, 6) is -0.323. The number of unbranched alkanes of at least 4 members (excludes halogenated alkanes) is 1. The summed E-state index contributed by atoms with van der Waals surface area (Å²) >= 11 is 3.41. The van der Waals surface area contributed by atoms with Crippen molar-refractivity contribution in [2.24, 2.45) is 0 Å². The summed E-state index contributed by atoms with van der Waals surface area (Å²) in [6, 6.07) is 8.07. The number of hydrogen-bond acceptors (Lipinski definition) is 3. The average Bonchev–Trinajstić information content (AvgIpc) is 2.41. The number of rotatable bonds is 7. The summed E-state index contributed by atoms with van der Waals surface area (Å²) in [7, 11) is 1.39. The molecule has 0 fully saturated rings. The molecule has 1 aromatic rings. The Morgan fingerprint density at radius 3 is 2.63 bits per heavy atom. The molecule has 0 spiro atoms. The summed E-state index contributed by atoms with van der Waals surface area (Å²) in [5, 5.41) is 3.30. The van der Waals surface area contributed by atoms with Crippen LogP contribution in [0.15, 0.2) is 40.5 Å². The maximum absolute atomic E-state index is 11.4. The second kappa shape index (κ2) is 8.75. The Balaban J connectivity index is 2.70. The van der Waals surface area contributed by atoms with Crippen LogP contribution in [0, 0.1) is 0 Å². The fourth-order valence-corrected chi connectivity index (χ4v) is 1.88. The van der Waals surface area contributed by atoms with E-state index in [1.165, 1.54) is 13.2 Å². The molecule has 0 aromatic heterocycles. The van der Waals surface area contributed by atoms with Crippen LogP contribution in [-0.2, 0) is 16.0 Å². The first kappa shape index (κ1) is 15.8. The number of hydrogen-bond donors (Lipinski definition) is 1. The van der Waals surface area contributed by atoms with Gasteiger partial charge >= 0.3 is 5.97 Å². The minimum atomic E-state index is -0.323. The van der Waals surface area contributed by atoms with Gasteiger partial charge in [0.15, 0.2) is 0 Å². The highest BCUT2D eigenvalue weighted by Crippen LogP contribution is 2.13. The summed E-state index contributed by atoms with van der Waals surface area (Å²) in [6.07, 6.45) is 4.43. The van der Waals surface area contributed by atoms with Crippen LogP contribution in [0.3, 0.4) is 0 Å². The Bertz CT molecular complexity index is 426. The summed E-state index contributed by atoms with van der Waals surface area (Å²) in [5.41, 5.74) is 2.05. The lowest BCUT2D eigenvalue weighted by atomic mass is 10.1. The molecule has 0 amide bonds. The fraction of sp³-hybridized carbons (Fsp3) is 0.400. The first-order valence-electron chi connectivity index (χ1n) is 6.42. The van der Waals surface area contributed by atoms with Gasteiger partial charge in [-0.25, -0.2) is 4.79 Å². The lowest BCUT2D eigenvalue weighted by Gasteiger charge is -2.11. The maximum atomic E-state index is 11.4. The standard InChI is InChI=1S/C15H20BrNO2/c1-3-4-9-17-14(11-15(18)19-2)10-12-5-7-13(16)8-6-12/h5-8,11,17H,3-4,9-10H2,1-2H3. The van der Waals surface area contributed by atoms with Gasteiger partial charge in [-0.2, -0.15) is 0 Å². The molecular weight excluding hydrogens is 306 g/mol. The molecule has 4 heteroatoms. The molecule has 0 aliphatic carbocycles. The highest BCUT2D eigenvalue weighted by atomic mass is 79.9. The second-order valence-corrected chi connectivity index (χ2v) is 5.19. The van der Waals surface area contributed by atoms with Crippen molar-refractivity contribution in [2.45, 2.75) is 26.2 Å². The van der Waals surface area contributed by atoms with Gasteiger partial charge in [0.2, 0.25) is 0 Å². The number of carbonyl (C=O) groups is 1. The average molecular weight is 326 g/mol. The van der Waals surface area contributed by atoms with Crippen molar-refractivity contribution in [3.8, 4) is 0 Å². The summed E-state index contributed by atoms with van der Waals surface area (Å²) in [6.45, 7) is 3.01. The van der Waals surface area contributed by atoms with Crippen molar-refractivity contribution in [3.63, 3.8) is 0 Å². The van der Waals surface area contributed by atoms with Crippen molar-refractivity contribution >= 4 is 21.9 Å². The third-order valence-electron chi connectivity index (χ3n) is 2.68. The van der Waals surface area contributed by atoms with Crippen LogP contribution in [0.1, 0.15) is 25.3 Å². The van der Waals surface area contributed by atoms with Gasteiger partial charge < -0.3 is 10.1 Å². The van der Waals surface area contributed by atoms with Gasteiger partial charge in [0.25, 0.3) is 0 Å². The number of halogens is 1. The smallest absolute Gasteiger partial charge is 0.332 e. The Kier molecular flexibility index (Phi) is 7.26. The van der Waals surface area contributed by atoms with Crippen molar-refractivity contribution in [1.82, 2.24) is 5.32 Å². The number of nitrogens with one attached hydrogen (secondary N) is 1. The molecule has 1 aromatic carbocycles. The van der Waals surface area contributed by atoms with E-state index in [9.17, 15) is 4.79 Å². The van der Waals surface area contributed by atoms with Crippen LogP contribution >= 0.6 is 15.9 Å². The third kappa shape index (κ3) is 6.43. The lowest BCUT2D eigenvalue weighted by Crippen LogP contribution is -2.18. The number of benzene rings is 1. The Hall–Kier alpha value is -1.29. The van der Waals surface area contributed by atoms with Gasteiger partial charge in [0.05, 0.1) is 7.11 Å². The van der Waals surface area contributed by atoms with E-state index in [2.05, 4.69) is 32.9 Å². The van der Waals surface area contributed by atoms with Crippen molar-refractivity contribution in [2.75, 3.05) is 13.7 Å². The largest absolute Gasteiger partial charge is 0.466 e. The number of ether oxygens (including phenoxy) is 1. The van der Waals surface area contributed by atoms with E-state index in [1.54, 1.807) is 0 Å². The van der Waals surface area contributed by atoms with E-state index in [-0.39, 0.29) is 5.97 Å². The Morgan fingerprint density at radius 1 is 1.37 bits per heavy atom. The second-order valence-electron chi connectivity index (χ2n) is 4.28. The topological polar surface area (TPSA) is 38.3 Å². The summed E-state index contributed by atoms with van der Waals surface area (Å²) in [4.78, 5) is 11.4. The highest BCUT2D eigenvalue weighted by Gasteiger charge is 2.03. The van der Waals surface area contributed by atoms with Gasteiger partial charge in [0.1, 0.15) is 0 Å². The van der Waals surface area contributed by atoms with Crippen LogP contribution in [0.5, 0.6) is 0 Å². The number of esters is 1. The van der Waals surface area contributed by atoms with Gasteiger partial charge in [-0.15, -0.1) is 0 Å². The summed E-state index contributed by atoms with van der Waals surface area (Å²) < 4.78 is 5.73. The molecule has 19 heavy (non-hydrogen) atoms. The molecule has 0 atom stereocenters. The fourth-order valence-electron chi connectivity index (χ4n) is 1.61. The van der Waals surface area contributed by atoms with Crippen molar-refractivity contribution < 1.29 is 9.53 Å². The minimum absolute atomic E-state index is 0.323. The van der Waals surface area contributed by atoms with E-state index in [4.69, 9.17) is 0 Å². The molecule has 0 bridgehead atoms. The van der Waals surface area contributed by atoms with Crippen molar-refractivity contribution in [1.29, 1.82) is 0 Å². The van der Waals surface area contributed by atoms with E-state index < -0.39 is 0 Å². The molecule has 0 aliphatic heterocycles. The van der Waals surface area contributed by atoms with Gasteiger partial charge in [0, 0.05) is 29.2 Å². The molecule has 0 saturated heterocycles. The van der Waals surface area contributed by atoms with E-state index in [1.807, 2.05) is 24.3 Å². The predicted molar refractivity (Wildman–Crippen MR) is 80.9 cm³/mol. The number of methoxy groups -OCH3 is 1. The van der Waals surface area contributed by atoms with Crippen LogP contribution in [0.25, 0.3) is 0 Å². The quantitative estimate of drug-likeness (QED) is 0.474. The maximum Gasteiger partial charge on any atom is 0.332 e. The van der Waals surface area contributed by atoms with Crippen LogP contribution < -0.4 is 5.32 Å². The lowest BCUT2D eigenvalue weighted by molar-refractivity contribution is -0.134. The monoisotopic (exact) mass is 325 g/mol. The van der Waals surface area contributed by atoms with E-state index >= 15 is 0 Å². The molecule has 0 radical (unpaired) electrons. The van der Waals surface area contributed by atoms with Crippen LogP contribution in [0.4, 0.5) is 0 Å². The highest BCUT2D eigenvalue weighted by molar-refractivity contribution is 9.10. The van der Waals surface area contributed by atoms with Gasteiger partial charge in [-0.1, -0.05) is 41.4 Å². The van der Waals surface area contributed by atoms with Crippen LogP contribution in [-0.4, -0.2) is 19.6 Å². The number of carbonyl (C=O) groups excluding carboxylic acids is 1. The Morgan fingerprint density at radius 2 is 2.05 bits per heavy atom. The van der Waals surface area contributed by atoms with Gasteiger partial charge in [-0.05, 0) is 24.1 Å². The zero-order chi connectivity index (χ0) is 14.1. The zero-order valence-corrected chi connectivity index (χ0v) is 13.0. The minimum Gasteiger partial charge on any atom is -0.466 e. The molecular formula is C15H20BrNO2. The molecule has 1 N–H and O–H groups in total. The first-order valence-corrected chi connectivity index (χ1v) is 7.21. The van der Waals surface area contributed by atoms with E-state index in [0.29, 0.717) is 6.42 Å². The molecule has 0 unspecified atom stereocenters. The molecule has 104 valence electrons.